The summed E-state index contributed by atoms with van der Waals surface area (Å²) in [6.07, 6.45) is 1.25. The van der Waals surface area contributed by atoms with Gasteiger partial charge in [0, 0.05) is 26.8 Å². The van der Waals surface area contributed by atoms with Crippen molar-refractivity contribution in [2.45, 2.75) is 17.4 Å². The quantitative estimate of drug-likeness (QED) is 0.765. The molecule has 26 heavy (non-hydrogen) atoms. The number of carbonyl (C=O) groups is 1. The second-order valence-corrected chi connectivity index (χ2v) is 7.92. The first-order chi connectivity index (χ1) is 12.2. The van der Waals surface area contributed by atoms with Gasteiger partial charge in [-0.3, -0.25) is 14.2 Å². The minimum Gasteiger partial charge on any atom is -0.480 e. The summed E-state index contributed by atoms with van der Waals surface area (Å²) in [7, 11) is -1.94. The van der Waals surface area contributed by atoms with Crippen LogP contribution in [0.25, 0.3) is 0 Å². The number of carboxylic acid groups (broad SMARTS) is 1. The van der Waals surface area contributed by atoms with E-state index in [2.05, 4.69) is 0 Å². The molecule has 0 spiro atoms. The molecule has 1 aromatic carbocycles. The highest BCUT2D eigenvalue weighted by Crippen LogP contribution is 2.33. The Hall–Kier alpha value is -2.72. The zero-order valence-corrected chi connectivity index (χ0v) is 14.9. The van der Waals surface area contributed by atoms with E-state index in [1.807, 2.05) is 0 Å². The number of sulfonamides is 1. The molecule has 10 heteroatoms. The van der Waals surface area contributed by atoms with Gasteiger partial charge in [-0.05, 0) is 17.5 Å². The second-order valence-electron chi connectivity index (χ2n) is 6.06. The fourth-order valence-corrected chi connectivity index (χ4v) is 4.85. The standard InChI is InChI=1S/C16H17N3O6S/c1-17-9-12(14(20)18(2)16(17)23)26(24,25)19-8-7-10-5-3-4-6-11(10)13(19)15(21)22/h3-6,9,13H,7-8H2,1-2H3,(H,21,22). The Balaban J connectivity index is 2.21. The maximum atomic E-state index is 13.1. The molecule has 1 aliphatic rings. The van der Waals surface area contributed by atoms with Gasteiger partial charge in [0.2, 0.25) is 0 Å². The topological polar surface area (TPSA) is 119 Å². The van der Waals surface area contributed by atoms with Gasteiger partial charge in [-0.1, -0.05) is 24.3 Å². The van der Waals surface area contributed by atoms with Crippen molar-refractivity contribution in [3.8, 4) is 0 Å². The maximum Gasteiger partial charge on any atom is 0.330 e. The number of aliphatic carboxylic acids is 1. The molecule has 9 nitrogen and oxygen atoms in total. The Bertz CT molecular complexity index is 1120. The van der Waals surface area contributed by atoms with Crippen LogP contribution in [0, 0.1) is 0 Å². The monoisotopic (exact) mass is 379 g/mol. The highest BCUT2D eigenvalue weighted by molar-refractivity contribution is 7.89. The molecule has 1 N–H and O–H groups in total. The molecule has 0 radical (unpaired) electrons. The van der Waals surface area contributed by atoms with Crippen LogP contribution in [0.15, 0.2) is 44.9 Å². The van der Waals surface area contributed by atoms with Crippen LogP contribution < -0.4 is 11.2 Å². The lowest BCUT2D eigenvalue weighted by Crippen LogP contribution is -2.47. The highest BCUT2D eigenvalue weighted by Gasteiger charge is 2.42. The van der Waals surface area contributed by atoms with E-state index >= 15 is 0 Å². The average molecular weight is 379 g/mol. The van der Waals surface area contributed by atoms with Crippen molar-refractivity contribution in [3.05, 3.63) is 62.4 Å². The van der Waals surface area contributed by atoms with E-state index in [0.717, 1.165) is 20.6 Å². The highest BCUT2D eigenvalue weighted by atomic mass is 32.2. The van der Waals surface area contributed by atoms with E-state index in [1.165, 1.54) is 14.1 Å². The molecule has 0 aliphatic carbocycles. The number of rotatable bonds is 3. The van der Waals surface area contributed by atoms with Crippen LogP contribution in [0.5, 0.6) is 0 Å². The first-order valence-corrected chi connectivity index (χ1v) is 9.19. The third-order valence-electron chi connectivity index (χ3n) is 4.47. The summed E-state index contributed by atoms with van der Waals surface area (Å²) in [6, 6.07) is 5.27. The minimum absolute atomic E-state index is 0.0810. The molecule has 2 aromatic rings. The van der Waals surface area contributed by atoms with Gasteiger partial charge in [0.15, 0.2) is 4.90 Å². The summed E-state index contributed by atoms with van der Waals surface area (Å²) in [4.78, 5) is 35.4. The summed E-state index contributed by atoms with van der Waals surface area (Å²) in [6.45, 7) is -0.0810. The zero-order chi connectivity index (χ0) is 19.2. The van der Waals surface area contributed by atoms with Crippen LogP contribution in [0.2, 0.25) is 0 Å². The van der Waals surface area contributed by atoms with E-state index in [0.29, 0.717) is 16.6 Å². The maximum absolute atomic E-state index is 13.1. The number of carboxylic acids is 1. The second kappa shape index (κ2) is 6.22. The van der Waals surface area contributed by atoms with Crippen molar-refractivity contribution in [2.75, 3.05) is 6.54 Å². The summed E-state index contributed by atoms with van der Waals surface area (Å²) in [5.41, 5.74) is -0.542. The van der Waals surface area contributed by atoms with Gasteiger partial charge in [-0.25, -0.2) is 13.2 Å². The Morgan fingerprint density at radius 1 is 1.19 bits per heavy atom. The lowest BCUT2D eigenvalue weighted by Gasteiger charge is -2.33. The van der Waals surface area contributed by atoms with Crippen LogP contribution in [-0.4, -0.2) is 39.5 Å². The molecule has 1 aliphatic heterocycles. The van der Waals surface area contributed by atoms with Crippen molar-refractivity contribution in [2.24, 2.45) is 14.1 Å². The van der Waals surface area contributed by atoms with Crippen molar-refractivity contribution in [1.82, 2.24) is 13.4 Å². The van der Waals surface area contributed by atoms with Gasteiger partial charge in [-0.2, -0.15) is 4.31 Å². The molecule has 0 bridgehead atoms. The third kappa shape index (κ3) is 2.67. The van der Waals surface area contributed by atoms with Gasteiger partial charge >= 0.3 is 11.7 Å². The Kier molecular flexibility index (Phi) is 4.32. The predicted octanol–water partition coefficient (Wildman–Crippen LogP) is -0.543. The van der Waals surface area contributed by atoms with Crippen molar-refractivity contribution in [3.63, 3.8) is 0 Å². The number of benzene rings is 1. The fraction of sp³-hybridized carbons (Fsp3) is 0.312. The Labute approximate surface area is 148 Å². The lowest BCUT2D eigenvalue weighted by atomic mass is 9.94. The molecule has 2 heterocycles. The summed E-state index contributed by atoms with van der Waals surface area (Å²) < 4.78 is 28.6. The van der Waals surface area contributed by atoms with Crippen molar-refractivity contribution in [1.29, 1.82) is 0 Å². The molecule has 0 fully saturated rings. The SMILES string of the molecule is Cn1cc(S(=O)(=O)N2CCc3ccccc3C2C(=O)O)c(=O)n(C)c1=O. The first-order valence-electron chi connectivity index (χ1n) is 7.75. The molecule has 0 amide bonds. The van der Waals surface area contributed by atoms with Gasteiger partial charge < -0.3 is 9.67 Å². The fourth-order valence-electron chi connectivity index (χ4n) is 3.14. The molecular weight excluding hydrogens is 362 g/mol. The molecule has 138 valence electrons. The van der Waals surface area contributed by atoms with Crippen LogP contribution in [-0.2, 0) is 35.3 Å². The summed E-state index contributed by atoms with van der Waals surface area (Å²) >= 11 is 0. The van der Waals surface area contributed by atoms with Gasteiger partial charge in [0.1, 0.15) is 6.04 Å². The number of aromatic nitrogens is 2. The number of hydrogen-bond acceptors (Lipinski definition) is 5. The van der Waals surface area contributed by atoms with Crippen molar-refractivity contribution >= 4 is 16.0 Å². The minimum atomic E-state index is -4.43. The Morgan fingerprint density at radius 2 is 1.85 bits per heavy atom. The summed E-state index contributed by atoms with van der Waals surface area (Å²) in [5.74, 6) is -1.33. The number of nitrogens with zero attached hydrogens (tertiary/aromatic N) is 3. The van der Waals surface area contributed by atoms with Gasteiger partial charge in [0.05, 0.1) is 0 Å². The summed E-state index contributed by atoms with van der Waals surface area (Å²) in [5, 5.41) is 9.64. The molecule has 0 saturated heterocycles. The van der Waals surface area contributed by atoms with E-state index in [1.54, 1.807) is 24.3 Å². The average Bonchev–Trinajstić information content (AvgIpc) is 2.61. The molecule has 1 atom stereocenters. The van der Waals surface area contributed by atoms with Crippen molar-refractivity contribution < 1.29 is 18.3 Å². The van der Waals surface area contributed by atoms with Crippen LogP contribution in [0.1, 0.15) is 17.2 Å². The smallest absolute Gasteiger partial charge is 0.330 e. The molecule has 0 saturated carbocycles. The zero-order valence-electron chi connectivity index (χ0n) is 14.1. The lowest BCUT2D eigenvalue weighted by molar-refractivity contribution is -0.142. The van der Waals surface area contributed by atoms with Gasteiger partial charge in [-0.15, -0.1) is 0 Å². The first kappa shape index (κ1) is 18.1. The molecular formula is C16H17N3O6S. The predicted molar refractivity (Wildman–Crippen MR) is 91.3 cm³/mol. The molecule has 1 unspecified atom stereocenters. The van der Waals surface area contributed by atoms with E-state index in [4.69, 9.17) is 0 Å². The van der Waals surface area contributed by atoms with E-state index < -0.39 is 38.2 Å². The number of hydrogen-bond donors (Lipinski definition) is 1. The number of aryl methyl sites for hydroxylation is 1. The van der Waals surface area contributed by atoms with Crippen LogP contribution in [0.3, 0.4) is 0 Å². The van der Waals surface area contributed by atoms with E-state index in [-0.39, 0.29) is 6.54 Å². The molecule has 3 rings (SSSR count). The molecule has 1 aromatic heterocycles. The largest absolute Gasteiger partial charge is 0.480 e. The Morgan fingerprint density at radius 3 is 2.50 bits per heavy atom. The van der Waals surface area contributed by atoms with Crippen LogP contribution in [0.4, 0.5) is 0 Å². The number of fused-ring (bicyclic) bond motifs is 1. The van der Waals surface area contributed by atoms with Gasteiger partial charge in [0.25, 0.3) is 15.6 Å². The van der Waals surface area contributed by atoms with Crippen LogP contribution >= 0.6 is 0 Å². The normalized spacial score (nSPS) is 17.7. The van der Waals surface area contributed by atoms with E-state index in [9.17, 15) is 27.9 Å². The third-order valence-corrected chi connectivity index (χ3v) is 6.32.